The van der Waals surface area contributed by atoms with Gasteiger partial charge in [0.1, 0.15) is 18.5 Å². The van der Waals surface area contributed by atoms with E-state index in [0.717, 1.165) is 0 Å². The van der Waals surface area contributed by atoms with Gasteiger partial charge in [0.25, 0.3) is 0 Å². The fourth-order valence-corrected chi connectivity index (χ4v) is 4.65. The van der Waals surface area contributed by atoms with Gasteiger partial charge in [-0.25, -0.2) is 9.59 Å². The van der Waals surface area contributed by atoms with Crippen LogP contribution >= 0.6 is 46.4 Å². The lowest BCUT2D eigenvalue weighted by Crippen LogP contribution is -2.54. The molecule has 40 heavy (non-hydrogen) atoms. The van der Waals surface area contributed by atoms with Crippen molar-refractivity contribution in [2.24, 2.45) is 0 Å². The lowest BCUT2D eigenvalue weighted by atomic mass is 9.94. The fraction of sp³-hybridized carbons (Fsp3) is 0.259. The van der Waals surface area contributed by atoms with Gasteiger partial charge in [0.2, 0.25) is 0 Å². The maximum Gasteiger partial charge on any atom is 0.453 e. The number of halogens is 4. The maximum atomic E-state index is 11.8. The normalized spacial score (nSPS) is 14.9. The summed E-state index contributed by atoms with van der Waals surface area (Å²) in [7, 11) is 0. The Morgan fingerprint density at radius 3 is 2.20 bits per heavy atom. The number of hydrogen-bond donors (Lipinski definition) is 4. The molecule has 1 heterocycles. The number of rotatable bonds is 11. The molecular formula is C27H23Cl4NO8. The minimum atomic E-state index is -2.94. The largest absolute Gasteiger partial charge is 0.491 e. The number of aliphatic carboxylic acids is 2. The van der Waals surface area contributed by atoms with Gasteiger partial charge in [-0.05, 0) is 54.8 Å². The zero-order valence-electron chi connectivity index (χ0n) is 20.8. The number of aliphatic hydroxyl groups is 1. The average Bonchev–Trinajstić information content (AvgIpc) is 3.31. The summed E-state index contributed by atoms with van der Waals surface area (Å²) in [5.74, 6) is -6.20. The van der Waals surface area contributed by atoms with Gasteiger partial charge in [0, 0.05) is 24.2 Å². The van der Waals surface area contributed by atoms with Gasteiger partial charge in [0.05, 0.1) is 20.1 Å². The molecule has 1 aliphatic heterocycles. The Labute approximate surface area is 249 Å². The second-order valence-electron chi connectivity index (χ2n) is 9.04. The third-order valence-electron chi connectivity index (χ3n) is 6.04. The number of nitrogens with one attached hydrogen (secondary N) is 1. The second kappa shape index (κ2) is 12.3. The molecule has 0 saturated carbocycles. The highest BCUT2D eigenvalue weighted by molar-refractivity contribution is 6.42. The Kier molecular flexibility index (Phi) is 9.24. The van der Waals surface area contributed by atoms with Crippen LogP contribution in [0.25, 0.3) is 11.1 Å². The molecule has 0 aromatic heterocycles. The third kappa shape index (κ3) is 6.35. The molecule has 3 aromatic rings. The monoisotopic (exact) mass is 629 g/mol. The molecule has 4 N–H and O–H groups in total. The van der Waals surface area contributed by atoms with Crippen molar-refractivity contribution in [3.63, 3.8) is 0 Å². The number of carboxylic acid groups (broad SMARTS) is 2. The zero-order chi connectivity index (χ0) is 29.2. The Balaban J connectivity index is 1.53. The number of hydrogen-bond acceptors (Lipinski definition) is 7. The van der Waals surface area contributed by atoms with Crippen LogP contribution < -0.4 is 19.5 Å². The van der Waals surface area contributed by atoms with Crippen molar-refractivity contribution in [2.45, 2.75) is 31.3 Å². The van der Waals surface area contributed by atoms with Crippen LogP contribution in [0.1, 0.15) is 12.5 Å². The van der Waals surface area contributed by atoms with Crippen molar-refractivity contribution in [3.8, 4) is 28.4 Å². The fourth-order valence-electron chi connectivity index (χ4n) is 4.07. The highest BCUT2D eigenvalue weighted by Crippen LogP contribution is 2.49. The number of carbonyl (C=O) groups is 2. The van der Waals surface area contributed by atoms with E-state index in [9.17, 15) is 24.9 Å². The van der Waals surface area contributed by atoms with Gasteiger partial charge in [0.15, 0.2) is 11.5 Å². The Morgan fingerprint density at radius 1 is 0.925 bits per heavy atom. The Hall–Kier alpha value is -2.92. The first-order valence-corrected chi connectivity index (χ1v) is 13.4. The Morgan fingerprint density at radius 2 is 1.57 bits per heavy atom. The molecule has 0 spiro atoms. The van der Waals surface area contributed by atoms with Gasteiger partial charge in [-0.3, -0.25) is 0 Å². The molecule has 0 radical (unpaired) electrons. The van der Waals surface area contributed by atoms with Gasteiger partial charge in [-0.1, -0.05) is 58.5 Å². The SMILES string of the molecule is CC(Cc1ccc2c(c1-c1ccc(Cl)c(Cl)c1)OC(C(=O)O)(C(=O)O)O2)NCC(O)COc1ccc(Cl)c(Cl)c1. The summed E-state index contributed by atoms with van der Waals surface area (Å²) in [5.41, 5.74) is 1.59. The number of carboxylic acids is 2. The topological polar surface area (TPSA) is 135 Å². The number of benzene rings is 3. The molecule has 9 nitrogen and oxygen atoms in total. The highest BCUT2D eigenvalue weighted by atomic mass is 35.5. The lowest BCUT2D eigenvalue weighted by molar-refractivity contribution is -0.194. The quantitative estimate of drug-likeness (QED) is 0.201. The molecule has 4 rings (SSSR count). The first-order valence-electron chi connectivity index (χ1n) is 11.9. The van der Waals surface area contributed by atoms with E-state index in [1.807, 2.05) is 6.92 Å². The first-order chi connectivity index (χ1) is 18.9. The van der Waals surface area contributed by atoms with Crippen molar-refractivity contribution in [1.82, 2.24) is 5.32 Å². The standard InChI is InChI=1S/C27H23Cl4NO8/c1-13(32-11-16(33)12-38-17-4-6-19(29)21(31)10-17)8-14-3-7-22-24(40-27(39-22,25(34)35)26(36)37)23(14)15-2-5-18(28)20(30)9-15/h2-7,9-10,13,16,32-33H,8,11-12H2,1H3,(H,34,35)(H,36,37). The molecule has 0 bridgehead atoms. The summed E-state index contributed by atoms with van der Waals surface area (Å²) in [6, 6.07) is 12.5. The molecule has 0 fully saturated rings. The molecule has 0 amide bonds. The molecule has 1 aliphatic rings. The Bertz CT molecular complexity index is 1440. The number of ether oxygens (including phenoxy) is 3. The molecule has 2 atom stereocenters. The number of aliphatic hydroxyl groups excluding tert-OH is 1. The molecular weight excluding hydrogens is 608 g/mol. The summed E-state index contributed by atoms with van der Waals surface area (Å²) in [6.07, 6.45) is -0.477. The highest BCUT2D eigenvalue weighted by Gasteiger charge is 2.58. The van der Waals surface area contributed by atoms with Crippen molar-refractivity contribution >= 4 is 58.3 Å². The molecule has 0 saturated heterocycles. The third-order valence-corrected chi connectivity index (χ3v) is 7.52. The average molecular weight is 631 g/mol. The summed E-state index contributed by atoms with van der Waals surface area (Å²) >= 11 is 24.2. The summed E-state index contributed by atoms with van der Waals surface area (Å²) in [5, 5.41) is 34.1. The summed E-state index contributed by atoms with van der Waals surface area (Å²) < 4.78 is 16.4. The minimum Gasteiger partial charge on any atom is -0.491 e. The molecule has 2 unspecified atom stereocenters. The van der Waals surface area contributed by atoms with E-state index in [0.29, 0.717) is 43.9 Å². The lowest BCUT2D eigenvalue weighted by Gasteiger charge is -2.20. The predicted octanol–water partition coefficient (Wildman–Crippen LogP) is 5.56. The van der Waals surface area contributed by atoms with Crippen LogP contribution in [0.4, 0.5) is 0 Å². The van der Waals surface area contributed by atoms with E-state index in [4.69, 9.17) is 60.6 Å². The van der Waals surface area contributed by atoms with E-state index in [-0.39, 0.29) is 35.7 Å². The van der Waals surface area contributed by atoms with Crippen molar-refractivity contribution in [3.05, 3.63) is 74.2 Å². The van der Waals surface area contributed by atoms with Crippen molar-refractivity contribution in [1.29, 1.82) is 0 Å². The number of fused-ring (bicyclic) bond motifs is 1. The smallest absolute Gasteiger partial charge is 0.453 e. The van der Waals surface area contributed by atoms with E-state index >= 15 is 0 Å². The van der Waals surface area contributed by atoms with Crippen LogP contribution in [0, 0.1) is 0 Å². The van der Waals surface area contributed by atoms with E-state index in [1.165, 1.54) is 6.07 Å². The van der Waals surface area contributed by atoms with Crippen LogP contribution in [0.2, 0.25) is 20.1 Å². The van der Waals surface area contributed by atoms with Crippen LogP contribution in [0.3, 0.4) is 0 Å². The summed E-state index contributed by atoms with van der Waals surface area (Å²) in [4.78, 5) is 23.7. The summed E-state index contributed by atoms with van der Waals surface area (Å²) in [6.45, 7) is 2.08. The van der Waals surface area contributed by atoms with Crippen molar-refractivity contribution in [2.75, 3.05) is 13.2 Å². The maximum absolute atomic E-state index is 11.8. The second-order valence-corrected chi connectivity index (χ2v) is 10.7. The molecule has 13 heteroatoms. The molecule has 0 aliphatic carbocycles. The zero-order valence-corrected chi connectivity index (χ0v) is 23.8. The minimum absolute atomic E-state index is 0.00267. The molecule has 3 aromatic carbocycles. The van der Waals surface area contributed by atoms with E-state index < -0.39 is 23.8 Å². The van der Waals surface area contributed by atoms with Gasteiger partial charge in [-0.15, -0.1) is 0 Å². The van der Waals surface area contributed by atoms with Gasteiger partial charge >= 0.3 is 17.7 Å². The van der Waals surface area contributed by atoms with E-state index in [2.05, 4.69) is 5.32 Å². The van der Waals surface area contributed by atoms with Crippen LogP contribution in [0.15, 0.2) is 48.5 Å². The van der Waals surface area contributed by atoms with Crippen molar-refractivity contribution < 1.29 is 39.1 Å². The van der Waals surface area contributed by atoms with Crippen LogP contribution in [-0.4, -0.2) is 58.3 Å². The van der Waals surface area contributed by atoms with Gasteiger partial charge < -0.3 is 34.8 Å². The van der Waals surface area contributed by atoms with Crippen LogP contribution in [-0.2, 0) is 16.0 Å². The van der Waals surface area contributed by atoms with E-state index in [1.54, 1.807) is 42.5 Å². The first kappa shape index (κ1) is 30.0. The van der Waals surface area contributed by atoms with Crippen LogP contribution in [0.5, 0.6) is 17.2 Å². The van der Waals surface area contributed by atoms with Gasteiger partial charge in [-0.2, -0.15) is 0 Å². The molecule has 212 valence electrons. The predicted molar refractivity (Wildman–Crippen MR) is 150 cm³/mol.